The summed E-state index contributed by atoms with van der Waals surface area (Å²) < 4.78 is 1.27. The van der Waals surface area contributed by atoms with Gasteiger partial charge in [0.2, 0.25) is 0 Å². The van der Waals surface area contributed by atoms with E-state index in [0.717, 1.165) is 5.75 Å². The Hall–Kier alpha value is 0.370. The van der Waals surface area contributed by atoms with E-state index in [1.165, 1.54) is 9.74 Å². The van der Waals surface area contributed by atoms with E-state index < -0.39 is 0 Å². The molecule has 0 N–H and O–H groups in total. The molecule has 4 heteroatoms. The van der Waals surface area contributed by atoms with Gasteiger partial charge in [-0.1, -0.05) is 29.3 Å². The number of thioether (sulfide) groups is 1. The summed E-state index contributed by atoms with van der Waals surface area (Å²) >= 11 is 14.5. The van der Waals surface area contributed by atoms with Gasteiger partial charge in [-0.3, -0.25) is 0 Å². The van der Waals surface area contributed by atoms with Gasteiger partial charge in [0.25, 0.3) is 0 Å². The van der Waals surface area contributed by atoms with Crippen LogP contribution >= 0.6 is 46.3 Å². The van der Waals surface area contributed by atoms with E-state index in [2.05, 4.69) is 6.07 Å². The van der Waals surface area contributed by atoms with Crippen molar-refractivity contribution >= 4 is 46.3 Å². The summed E-state index contributed by atoms with van der Waals surface area (Å²) in [6.45, 7) is 0. The molecule has 0 aliphatic carbocycles. The Labute approximate surface area is 84.2 Å². The molecule has 1 aromatic heterocycles. The van der Waals surface area contributed by atoms with Crippen LogP contribution in [0.2, 0.25) is 0 Å². The lowest BCUT2D eigenvalue weighted by Crippen LogP contribution is -1.73. The average Bonchev–Trinajstić information content (AvgIpc) is 2.52. The van der Waals surface area contributed by atoms with Crippen molar-refractivity contribution < 1.29 is 0 Å². The molecule has 0 aliphatic rings. The van der Waals surface area contributed by atoms with Crippen LogP contribution in [0.4, 0.5) is 0 Å². The molecule has 0 nitrogen and oxygen atoms in total. The topological polar surface area (TPSA) is 0 Å². The first-order valence-corrected chi connectivity index (χ1v) is 5.62. The molecule has 0 radical (unpaired) electrons. The minimum Gasteiger partial charge on any atom is -0.137 e. The van der Waals surface area contributed by atoms with Gasteiger partial charge in [-0.2, -0.15) is 0 Å². The molecule has 1 aromatic rings. The third-order valence-corrected chi connectivity index (χ3v) is 3.92. The molecule has 0 spiro atoms. The van der Waals surface area contributed by atoms with Crippen LogP contribution in [0.15, 0.2) is 32.3 Å². The number of rotatable bonds is 3. The molecule has 0 bridgehead atoms. The van der Waals surface area contributed by atoms with Crippen molar-refractivity contribution in [3.05, 3.63) is 28.1 Å². The molecule has 60 valence electrons. The molecule has 0 saturated carbocycles. The van der Waals surface area contributed by atoms with Crippen LogP contribution in [0.5, 0.6) is 0 Å². The highest BCUT2D eigenvalue weighted by Gasteiger charge is 1.95. The van der Waals surface area contributed by atoms with Gasteiger partial charge in [0.05, 0.1) is 4.21 Å². The molecule has 0 unspecified atom stereocenters. The molecule has 0 amide bonds. The van der Waals surface area contributed by atoms with E-state index in [1.54, 1.807) is 23.1 Å². The zero-order valence-electron chi connectivity index (χ0n) is 5.59. The zero-order valence-corrected chi connectivity index (χ0v) is 8.73. The lowest BCUT2D eigenvalue weighted by Gasteiger charge is -1.93. The maximum atomic E-state index is 5.70. The summed E-state index contributed by atoms with van der Waals surface area (Å²) in [5.74, 6) is 0.756. The Morgan fingerprint density at radius 2 is 2.55 bits per heavy atom. The molecular weight excluding hydrogens is 219 g/mol. The summed E-state index contributed by atoms with van der Waals surface area (Å²) in [7, 11) is 0. The zero-order chi connectivity index (χ0) is 8.10. The predicted molar refractivity (Wildman–Crippen MR) is 54.8 cm³/mol. The predicted octanol–water partition coefficient (Wildman–Crippen LogP) is 4.16. The maximum Gasteiger partial charge on any atom is 0.0602 e. The number of halogens is 2. The molecule has 1 heterocycles. The van der Waals surface area contributed by atoms with Gasteiger partial charge < -0.3 is 0 Å². The largest absolute Gasteiger partial charge is 0.137 e. The van der Waals surface area contributed by atoms with Gasteiger partial charge >= 0.3 is 0 Å². The second-order valence-corrected chi connectivity index (χ2v) is 4.70. The fraction of sp³-hybridized carbons (Fsp3) is 0.143. The molecule has 11 heavy (non-hydrogen) atoms. The van der Waals surface area contributed by atoms with Crippen LogP contribution in [0.25, 0.3) is 0 Å². The van der Waals surface area contributed by atoms with E-state index in [1.807, 2.05) is 11.4 Å². The van der Waals surface area contributed by atoms with Crippen molar-refractivity contribution in [2.24, 2.45) is 0 Å². The van der Waals surface area contributed by atoms with Gasteiger partial charge in [0.1, 0.15) is 0 Å². The number of hydrogen-bond donors (Lipinski definition) is 0. The molecule has 0 aromatic carbocycles. The van der Waals surface area contributed by atoms with Gasteiger partial charge in [-0.15, -0.1) is 23.1 Å². The minimum absolute atomic E-state index is 0.685. The van der Waals surface area contributed by atoms with Crippen molar-refractivity contribution in [3.8, 4) is 0 Å². The summed E-state index contributed by atoms with van der Waals surface area (Å²) in [5, 5.41) is 2.73. The van der Waals surface area contributed by atoms with Crippen molar-refractivity contribution in [2.45, 2.75) is 4.21 Å². The highest BCUT2D eigenvalue weighted by Crippen LogP contribution is 2.26. The van der Waals surface area contributed by atoms with E-state index in [-0.39, 0.29) is 0 Å². The first-order valence-electron chi connectivity index (χ1n) is 2.94. The Morgan fingerprint density at radius 3 is 3.09 bits per heavy atom. The van der Waals surface area contributed by atoms with Crippen molar-refractivity contribution in [2.75, 3.05) is 5.75 Å². The van der Waals surface area contributed by atoms with Crippen molar-refractivity contribution in [1.82, 2.24) is 0 Å². The lowest BCUT2D eigenvalue weighted by atomic mass is 10.7. The van der Waals surface area contributed by atoms with E-state index >= 15 is 0 Å². The third kappa shape index (κ3) is 3.52. The van der Waals surface area contributed by atoms with Crippen LogP contribution in [-0.2, 0) is 0 Å². The highest BCUT2D eigenvalue weighted by atomic mass is 35.5. The normalized spacial score (nSPS) is 12.0. The second-order valence-electron chi connectivity index (χ2n) is 1.78. The lowest BCUT2D eigenvalue weighted by molar-refractivity contribution is 1.66. The van der Waals surface area contributed by atoms with E-state index in [4.69, 9.17) is 23.2 Å². The van der Waals surface area contributed by atoms with Gasteiger partial charge in [0.15, 0.2) is 0 Å². The monoisotopic (exact) mass is 224 g/mol. The van der Waals surface area contributed by atoms with E-state index in [0.29, 0.717) is 5.03 Å². The van der Waals surface area contributed by atoms with E-state index in [9.17, 15) is 0 Å². The molecule has 0 aliphatic heterocycles. The highest BCUT2D eigenvalue weighted by molar-refractivity contribution is 8.01. The Bertz CT molecular complexity index is 229. The fourth-order valence-electron chi connectivity index (χ4n) is 0.517. The molecule has 0 atom stereocenters. The Morgan fingerprint density at radius 1 is 1.73 bits per heavy atom. The van der Waals surface area contributed by atoms with Crippen LogP contribution in [-0.4, -0.2) is 5.75 Å². The number of hydrogen-bond acceptors (Lipinski definition) is 2. The minimum atomic E-state index is 0.685. The van der Waals surface area contributed by atoms with Crippen LogP contribution in [0.3, 0.4) is 0 Å². The smallest absolute Gasteiger partial charge is 0.0602 e. The fourth-order valence-corrected chi connectivity index (χ4v) is 2.45. The third-order valence-electron chi connectivity index (χ3n) is 0.966. The molecule has 0 saturated heterocycles. The standard InChI is InChI=1S/C7H6Cl2S2/c8-4-6(9)5-11-7-2-1-3-10-7/h1-4H,5H2/b6-4+. The SMILES string of the molecule is Cl/C=C(/Cl)CSc1cccs1. The second kappa shape index (κ2) is 5.09. The summed E-state index contributed by atoms with van der Waals surface area (Å²) in [5.41, 5.74) is 1.40. The quantitative estimate of drug-likeness (QED) is 0.696. The van der Waals surface area contributed by atoms with Crippen LogP contribution in [0, 0.1) is 0 Å². The van der Waals surface area contributed by atoms with Gasteiger partial charge in [-0.05, 0) is 11.4 Å². The van der Waals surface area contributed by atoms with Crippen molar-refractivity contribution in [3.63, 3.8) is 0 Å². The molecular formula is C7H6Cl2S2. The summed E-state index contributed by atoms with van der Waals surface area (Å²) in [6, 6.07) is 4.08. The molecule has 1 rings (SSSR count). The molecule has 0 fully saturated rings. The van der Waals surface area contributed by atoms with Crippen molar-refractivity contribution in [1.29, 1.82) is 0 Å². The van der Waals surface area contributed by atoms with Crippen LogP contribution < -0.4 is 0 Å². The van der Waals surface area contributed by atoms with Gasteiger partial charge in [-0.25, -0.2) is 0 Å². The Kier molecular flexibility index (Phi) is 4.38. The maximum absolute atomic E-state index is 5.70. The summed E-state index contributed by atoms with van der Waals surface area (Å²) in [4.78, 5) is 0. The van der Waals surface area contributed by atoms with Crippen LogP contribution in [0.1, 0.15) is 0 Å². The average molecular weight is 225 g/mol. The number of thiophene rings is 1. The Balaban J connectivity index is 2.35. The first-order chi connectivity index (χ1) is 5.33. The summed E-state index contributed by atoms with van der Waals surface area (Å²) in [6.07, 6.45) is 0. The first kappa shape index (κ1) is 9.46. The van der Waals surface area contributed by atoms with Gasteiger partial charge in [0, 0.05) is 16.3 Å².